The summed E-state index contributed by atoms with van der Waals surface area (Å²) in [4.78, 5) is 11.0. The van der Waals surface area contributed by atoms with Gasteiger partial charge in [-0.2, -0.15) is 0 Å². The highest BCUT2D eigenvalue weighted by molar-refractivity contribution is 7.58. The van der Waals surface area contributed by atoms with Crippen molar-refractivity contribution >= 4 is 7.37 Å². The quantitative estimate of drug-likeness (QED) is 0.163. The van der Waals surface area contributed by atoms with Gasteiger partial charge in [0.1, 0.15) is 0 Å². The van der Waals surface area contributed by atoms with Gasteiger partial charge in [-0.3, -0.25) is 4.57 Å². The molecule has 0 spiro atoms. The topological polar surface area (TPSA) is 37.3 Å². The highest BCUT2D eigenvalue weighted by Crippen LogP contribution is 2.52. The van der Waals surface area contributed by atoms with Crippen molar-refractivity contribution in [2.24, 2.45) is 5.92 Å². The lowest BCUT2D eigenvalue weighted by Crippen LogP contribution is -2.16. The summed E-state index contributed by atoms with van der Waals surface area (Å²) in [5.74, 6) is 0.438. The van der Waals surface area contributed by atoms with E-state index in [-0.39, 0.29) is 5.66 Å². The fourth-order valence-corrected chi connectivity index (χ4v) is 6.78. The molecule has 0 aliphatic heterocycles. The van der Waals surface area contributed by atoms with Gasteiger partial charge in [-0.15, -0.1) is 0 Å². The van der Waals surface area contributed by atoms with E-state index < -0.39 is 7.37 Å². The molecule has 0 aromatic rings. The van der Waals surface area contributed by atoms with Crippen LogP contribution in [0.25, 0.3) is 0 Å². The number of hydrogen-bond acceptors (Lipinski definition) is 1. The van der Waals surface area contributed by atoms with Crippen LogP contribution in [0.1, 0.15) is 137 Å². The van der Waals surface area contributed by atoms with E-state index in [1.54, 1.807) is 0 Å². The lowest BCUT2D eigenvalue weighted by molar-refractivity contribution is 0.412. The second-order valence-electron chi connectivity index (χ2n) is 8.77. The highest BCUT2D eigenvalue weighted by Gasteiger charge is 2.32. The monoisotopic (exact) mass is 402 g/mol. The summed E-state index contributed by atoms with van der Waals surface area (Å²) >= 11 is 0. The molecule has 27 heavy (non-hydrogen) atoms. The van der Waals surface area contributed by atoms with Crippen molar-refractivity contribution in [3.63, 3.8) is 0 Å². The van der Waals surface area contributed by atoms with Crippen molar-refractivity contribution in [3.8, 4) is 0 Å². The van der Waals surface area contributed by atoms with Crippen molar-refractivity contribution in [2.45, 2.75) is 143 Å². The molecule has 0 aromatic carbocycles. The Labute approximate surface area is 171 Å². The van der Waals surface area contributed by atoms with Crippen molar-refractivity contribution in [1.82, 2.24) is 0 Å². The molecule has 0 aliphatic rings. The van der Waals surface area contributed by atoms with Crippen LogP contribution in [-0.4, -0.2) is 16.7 Å². The molecule has 0 bridgehead atoms. The van der Waals surface area contributed by atoms with Gasteiger partial charge in [0.05, 0.1) is 0 Å². The number of unbranched alkanes of at least 4 members (excludes halogenated alkanes) is 10. The predicted molar refractivity (Wildman–Crippen MR) is 123 cm³/mol. The van der Waals surface area contributed by atoms with Gasteiger partial charge >= 0.3 is 0 Å². The predicted octanol–water partition coefficient (Wildman–Crippen LogP) is 8.95. The van der Waals surface area contributed by atoms with Crippen LogP contribution in [-0.2, 0) is 4.57 Å². The van der Waals surface area contributed by atoms with E-state index in [0.717, 1.165) is 38.5 Å². The zero-order valence-electron chi connectivity index (χ0n) is 19.2. The van der Waals surface area contributed by atoms with Gasteiger partial charge in [0.15, 0.2) is 0 Å². The average molecular weight is 403 g/mol. The maximum absolute atomic E-state index is 13.3. The number of hydrogen-bond donors (Lipinski definition) is 1. The normalized spacial score (nSPS) is 16.2. The van der Waals surface area contributed by atoms with Crippen LogP contribution >= 0.6 is 7.37 Å². The van der Waals surface area contributed by atoms with Crippen molar-refractivity contribution in [3.05, 3.63) is 0 Å². The van der Waals surface area contributed by atoms with Crippen LogP contribution in [0, 0.1) is 5.92 Å². The molecule has 3 heteroatoms. The first kappa shape index (κ1) is 27.2. The molecule has 0 rings (SSSR count). The Morgan fingerprint density at radius 2 is 1.07 bits per heavy atom. The SMILES string of the molecule is CCCCCCCCC(CCCCCCC)P(=O)(O)CC(CC)CCCC. The summed E-state index contributed by atoms with van der Waals surface area (Å²) in [7, 11) is -3.03. The third-order valence-electron chi connectivity index (χ3n) is 6.17. The van der Waals surface area contributed by atoms with Gasteiger partial charge in [0.25, 0.3) is 0 Å². The van der Waals surface area contributed by atoms with E-state index in [9.17, 15) is 9.46 Å². The standard InChI is InChI=1S/C24H51O2P/c1-5-9-12-14-16-18-21-24(20-17-15-13-10-6-2)27(25,26)22-23(8-4)19-11-7-3/h23-24H,5-22H2,1-4H3,(H,25,26). The van der Waals surface area contributed by atoms with Crippen molar-refractivity contribution in [1.29, 1.82) is 0 Å². The smallest absolute Gasteiger partial charge is 0.203 e. The third-order valence-corrected chi connectivity index (χ3v) is 8.86. The van der Waals surface area contributed by atoms with Crippen molar-refractivity contribution < 1.29 is 9.46 Å². The molecule has 0 saturated carbocycles. The Balaban J connectivity index is 4.57. The molecule has 0 aliphatic carbocycles. The van der Waals surface area contributed by atoms with E-state index in [1.807, 2.05) is 0 Å². The fraction of sp³-hybridized carbons (Fsp3) is 1.00. The van der Waals surface area contributed by atoms with Crippen LogP contribution in [0.5, 0.6) is 0 Å². The van der Waals surface area contributed by atoms with Gasteiger partial charge in [0, 0.05) is 11.8 Å². The average Bonchev–Trinajstić information content (AvgIpc) is 2.65. The van der Waals surface area contributed by atoms with E-state index >= 15 is 0 Å². The molecule has 0 saturated heterocycles. The molecule has 3 atom stereocenters. The molecule has 0 heterocycles. The molecular weight excluding hydrogens is 351 g/mol. The molecular formula is C24H51O2P. The minimum absolute atomic E-state index is 0.0565. The lowest BCUT2D eigenvalue weighted by atomic mass is 10.0. The second kappa shape index (κ2) is 18.2. The molecule has 0 aromatic heterocycles. The summed E-state index contributed by atoms with van der Waals surface area (Å²) in [5.41, 5.74) is 0.0565. The Morgan fingerprint density at radius 3 is 1.52 bits per heavy atom. The summed E-state index contributed by atoms with van der Waals surface area (Å²) in [6, 6.07) is 0. The molecule has 3 unspecified atom stereocenters. The largest absolute Gasteiger partial charge is 0.344 e. The van der Waals surface area contributed by atoms with E-state index in [0.29, 0.717) is 12.1 Å². The van der Waals surface area contributed by atoms with Gasteiger partial charge < -0.3 is 4.89 Å². The molecule has 0 amide bonds. The van der Waals surface area contributed by atoms with Crippen LogP contribution < -0.4 is 0 Å². The Morgan fingerprint density at radius 1 is 0.630 bits per heavy atom. The van der Waals surface area contributed by atoms with Gasteiger partial charge in [-0.1, -0.05) is 118 Å². The molecule has 0 fully saturated rings. The second-order valence-corrected chi connectivity index (χ2v) is 11.4. The van der Waals surface area contributed by atoms with Crippen LogP contribution in [0.4, 0.5) is 0 Å². The van der Waals surface area contributed by atoms with E-state index in [4.69, 9.17) is 0 Å². The fourth-order valence-electron chi connectivity index (χ4n) is 4.13. The highest BCUT2D eigenvalue weighted by atomic mass is 31.2. The minimum atomic E-state index is -3.03. The van der Waals surface area contributed by atoms with E-state index in [2.05, 4.69) is 27.7 Å². The van der Waals surface area contributed by atoms with Crippen LogP contribution in [0.2, 0.25) is 0 Å². The van der Waals surface area contributed by atoms with Crippen LogP contribution in [0.3, 0.4) is 0 Å². The molecule has 0 radical (unpaired) electrons. The Hall–Kier alpha value is 0.190. The zero-order valence-corrected chi connectivity index (χ0v) is 20.1. The number of rotatable bonds is 20. The van der Waals surface area contributed by atoms with Crippen LogP contribution in [0.15, 0.2) is 0 Å². The first-order valence-corrected chi connectivity index (χ1v) is 14.2. The summed E-state index contributed by atoms with van der Waals surface area (Å²) in [5, 5.41) is 0. The van der Waals surface area contributed by atoms with Crippen molar-refractivity contribution in [2.75, 3.05) is 6.16 Å². The maximum Gasteiger partial charge on any atom is 0.203 e. The van der Waals surface area contributed by atoms with E-state index in [1.165, 1.54) is 70.6 Å². The third kappa shape index (κ3) is 14.8. The summed E-state index contributed by atoms with van der Waals surface area (Å²) in [6.45, 7) is 8.89. The Bertz CT molecular complexity index is 356. The van der Waals surface area contributed by atoms with Gasteiger partial charge in [0.2, 0.25) is 7.37 Å². The maximum atomic E-state index is 13.3. The summed E-state index contributed by atoms with van der Waals surface area (Å²) < 4.78 is 13.3. The van der Waals surface area contributed by atoms with Gasteiger partial charge in [-0.25, -0.2) is 0 Å². The molecule has 164 valence electrons. The minimum Gasteiger partial charge on any atom is -0.344 e. The summed E-state index contributed by atoms with van der Waals surface area (Å²) in [6.07, 6.45) is 20.9. The van der Waals surface area contributed by atoms with Gasteiger partial charge in [-0.05, 0) is 25.2 Å². The molecule has 1 N–H and O–H groups in total. The lowest BCUT2D eigenvalue weighted by Gasteiger charge is -2.27. The zero-order chi connectivity index (χ0) is 20.4. The first-order valence-electron chi connectivity index (χ1n) is 12.3. The first-order chi connectivity index (χ1) is 13.0. The molecule has 2 nitrogen and oxygen atoms in total. The Kier molecular flexibility index (Phi) is 18.4.